The third-order valence-electron chi connectivity index (χ3n) is 2.66. The molecule has 6 heteroatoms. The van der Waals surface area contributed by atoms with E-state index in [-0.39, 0.29) is 18.1 Å². The summed E-state index contributed by atoms with van der Waals surface area (Å²) >= 11 is 0. The van der Waals surface area contributed by atoms with Crippen molar-refractivity contribution in [2.45, 2.75) is 51.7 Å². The lowest BCUT2D eigenvalue weighted by Crippen LogP contribution is -2.18. The Morgan fingerprint density at radius 3 is 2.59 bits per heavy atom. The lowest BCUT2D eigenvalue weighted by atomic mass is 10.3. The highest BCUT2D eigenvalue weighted by Crippen LogP contribution is 2.21. The predicted octanol–water partition coefficient (Wildman–Crippen LogP) is 1.60. The molecular formula is C11H19N5O. The summed E-state index contributed by atoms with van der Waals surface area (Å²) in [6.07, 6.45) is 4.86. The number of aromatic nitrogens is 3. The van der Waals surface area contributed by atoms with Crippen molar-refractivity contribution in [1.29, 1.82) is 0 Å². The number of hydrogen-bond donors (Lipinski definition) is 2. The van der Waals surface area contributed by atoms with Gasteiger partial charge in [-0.05, 0) is 26.7 Å². The first-order valence-electron chi connectivity index (χ1n) is 6.08. The number of hydrogen-bond acceptors (Lipinski definition) is 6. The molecule has 1 aliphatic rings. The second kappa shape index (κ2) is 5.16. The number of nitrogens with zero attached hydrogens (tertiary/aromatic N) is 3. The first-order chi connectivity index (χ1) is 8.13. The number of nitrogens with one attached hydrogen (secondary N) is 1. The van der Waals surface area contributed by atoms with Gasteiger partial charge in [0.1, 0.15) is 0 Å². The van der Waals surface area contributed by atoms with Gasteiger partial charge in [0, 0.05) is 6.04 Å². The number of rotatable bonds is 4. The minimum Gasteiger partial charge on any atom is -0.461 e. The predicted molar refractivity (Wildman–Crippen MR) is 65.9 cm³/mol. The van der Waals surface area contributed by atoms with Gasteiger partial charge in [-0.15, -0.1) is 0 Å². The van der Waals surface area contributed by atoms with Crippen LogP contribution in [0.5, 0.6) is 6.01 Å². The third kappa shape index (κ3) is 3.44. The van der Waals surface area contributed by atoms with Gasteiger partial charge in [0.2, 0.25) is 11.9 Å². The van der Waals surface area contributed by atoms with Crippen LogP contribution in [-0.4, -0.2) is 27.1 Å². The molecule has 0 amide bonds. The summed E-state index contributed by atoms with van der Waals surface area (Å²) in [4.78, 5) is 12.2. The van der Waals surface area contributed by atoms with Crippen molar-refractivity contribution in [3.05, 3.63) is 0 Å². The van der Waals surface area contributed by atoms with Crippen molar-refractivity contribution in [1.82, 2.24) is 15.0 Å². The van der Waals surface area contributed by atoms with Gasteiger partial charge in [-0.25, -0.2) is 0 Å². The molecule has 0 saturated heterocycles. The van der Waals surface area contributed by atoms with Gasteiger partial charge in [-0.2, -0.15) is 15.0 Å². The second-order valence-corrected chi connectivity index (χ2v) is 4.59. The molecule has 1 aromatic heterocycles. The van der Waals surface area contributed by atoms with Gasteiger partial charge in [-0.1, -0.05) is 12.8 Å². The van der Waals surface area contributed by atoms with Crippen molar-refractivity contribution in [3.63, 3.8) is 0 Å². The molecular weight excluding hydrogens is 218 g/mol. The van der Waals surface area contributed by atoms with Crippen molar-refractivity contribution in [2.75, 3.05) is 11.1 Å². The Balaban J connectivity index is 2.07. The minimum atomic E-state index is 0.0242. The fourth-order valence-electron chi connectivity index (χ4n) is 1.95. The van der Waals surface area contributed by atoms with Crippen LogP contribution in [0.15, 0.2) is 0 Å². The van der Waals surface area contributed by atoms with E-state index in [1.165, 1.54) is 12.8 Å². The standard InChI is InChI=1S/C11H19N5O/c1-7(2)17-11-15-9(12)14-10(16-11)13-8-5-3-4-6-8/h7-8H,3-6H2,1-2H3,(H3,12,13,14,15,16). The largest absolute Gasteiger partial charge is 0.461 e. The zero-order valence-corrected chi connectivity index (χ0v) is 10.3. The summed E-state index contributed by atoms with van der Waals surface area (Å²) < 4.78 is 5.42. The monoisotopic (exact) mass is 237 g/mol. The summed E-state index contributed by atoms with van der Waals surface area (Å²) in [5.41, 5.74) is 5.63. The van der Waals surface area contributed by atoms with E-state index >= 15 is 0 Å². The molecule has 1 fully saturated rings. The molecule has 1 heterocycles. The van der Waals surface area contributed by atoms with Crippen LogP contribution < -0.4 is 15.8 Å². The Bertz CT molecular complexity index is 376. The smallest absolute Gasteiger partial charge is 0.323 e. The molecule has 17 heavy (non-hydrogen) atoms. The van der Waals surface area contributed by atoms with E-state index in [9.17, 15) is 0 Å². The first-order valence-corrected chi connectivity index (χ1v) is 6.08. The highest BCUT2D eigenvalue weighted by atomic mass is 16.5. The molecule has 1 aliphatic carbocycles. The van der Waals surface area contributed by atoms with Crippen LogP contribution in [0, 0.1) is 0 Å². The summed E-state index contributed by atoms with van der Waals surface area (Å²) in [6.45, 7) is 3.84. The van der Waals surface area contributed by atoms with Gasteiger partial charge in [-0.3, -0.25) is 0 Å². The van der Waals surface area contributed by atoms with Crippen molar-refractivity contribution in [2.24, 2.45) is 0 Å². The average molecular weight is 237 g/mol. The van der Waals surface area contributed by atoms with E-state index in [0.717, 1.165) is 12.8 Å². The van der Waals surface area contributed by atoms with Gasteiger partial charge in [0.15, 0.2) is 0 Å². The van der Waals surface area contributed by atoms with E-state index in [1.54, 1.807) is 0 Å². The maximum Gasteiger partial charge on any atom is 0.323 e. The lowest BCUT2D eigenvalue weighted by molar-refractivity contribution is 0.222. The van der Waals surface area contributed by atoms with Gasteiger partial charge < -0.3 is 15.8 Å². The van der Waals surface area contributed by atoms with Crippen molar-refractivity contribution < 1.29 is 4.74 Å². The van der Waals surface area contributed by atoms with E-state index < -0.39 is 0 Å². The molecule has 0 atom stereocenters. The summed E-state index contributed by atoms with van der Waals surface area (Å²) in [7, 11) is 0. The van der Waals surface area contributed by atoms with Crippen LogP contribution in [-0.2, 0) is 0 Å². The number of nitrogens with two attached hydrogens (primary N) is 1. The van der Waals surface area contributed by atoms with E-state index in [4.69, 9.17) is 10.5 Å². The Morgan fingerprint density at radius 2 is 1.94 bits per heavy atom. The second-order valence-electron chi connectivity index (χ2n) is 4.59. The van der Waals surface area contributed by atoms with Crippen LogP contribution in [0.25, 0.3) is 0 Å². The molecule has 1 saturated carbocycles. The average Bonchev–Trinajstić information content (AvgIpc) is 2.67. The minimum absolute atomic E-state index is 0.0242. The lowest BCUT2D eigenvalue weighted by Gasteiger charge is -2.13. The maximum absolute atomic E-state index is 5.63. The molecule has 0 radical (unpaired) electrons. The molecule has 0 aromatic carbocycles. The summed E-state index contributed by atoms with van der Waals surface area (Å²) in [6, 6.07) is 0.733. The van der Waals surface area contributed by atoms with Crippen LogP contribution in [0.3, 0.4) is 0 Å². The topological polar surface area (TPSA) is 86.0 Å². The molecule has 3 N–H and O–H groups in total. The van der Waals surface area contributed by atoms with E-state index in [0.29, 0.717) is 12.0 Å². The highest BCUT2D eigenvalue weighted by molar-refractivity contribution is 5.33. The Labute approximate surface area is 101 Å². The van der Waals surface area contributed by atoms with Crippen LogP contribution in [0.1, 0.15) is 39.5 Å². The summed E-state index contributed by atoms with van der Waals surface area (Å²) in [5, 5.41) is 3.27. The molecule has 1 aromatic rings. The zero-order valence-electron chi connectivity index (χ0n) is 10.3. The molecule has 6 nitrogen and oxygen atoms in total. The quantitative estimate of drug-likeness (QED) is 0.827. The Kier molecular flexibility index (Phi) is 3.61. The van der Waals surface area contributed by atoms with E-state index in [2.05, 4.69) is 20.3 Å². The number of ether oxygens (including phenoxy) is 1. The highest BCUT2D eigenvalue weighted by Gasteiger charge is 2.16. The Hall–Kier alpha value is -1.59. The number of nitrogen functional groups attached to an aromatic ring is 1. The molecule has 0 spiro atoms. The van der Waals surface area contributed by atoms with Gasteiger partial charge in [0.05, 0.1) is 6.10 Å². The maximum atomic E-state index is 5.63. The zero-order chi connectivity index (χ0) is 12.3. The molecule has 2 rings (SSSR count). The fourth-order valence-corrected chi connectivity index (χ4v) is 1.95. The van der Waals surface area contributed by atoms with Crippen LogP contribution >= 0.6 is 0 Å². The van der Waals surface area contributed by atoms with Crippen LogP contribution in [0.4, 0.5) is 11.9 Å². The Morgan fingerprint density at radius 1 is 1.24 bits per heavy atom. The third-order valence-corrected chi connectivity index (χ3v) is 2.66. The van der Waals surface area contributed by atoms with Gasteiger partial charge in [0.25, 0.3) is 0 Å². The molecule has 94 valence electrons. The van der Waals surface area contributed by atoms with Gasteiger partial charge >= 0.3 is 6.01 Å². The number of anilines is 2. The van der Waals surface area contributed by atoms with Crippen molar-refractivity contribution >= 4 is 11.9 Å². The SMILES string of the molecule is CC(C)Oc1nc(N)nc(NC2CCCC2)n1. The fraction of sp³-hybridized carbons (Fsp3) is 0.727. The molecule has 0 unspecified atom stereocenters. The van der Waals surface area contributed by atoms with E-state index in [1.807, 2.05) is 13.8 Å². The van der Waals surface area contributed by atoms with Crippen LogP contribution in [0.2, 0.25) is 0 Å². The summed E-state index contributed by atoms with van der Waals surface area (Å²) in [5.74, 6) is 0.705. The normalized spacial score (nSPS) is 16.4. The first kappa shape index (κ1) is 11.9. The molecule has 0 bridgehead atoms. The van der Waals surface area contributed by atoms with Crippen molar-refractivity contribution in [3.8, 4) is 6.01 Å². The molecule has 0 aliphatic heterocycles.